The molecule has 2 heterocycles. The van der Waals surface area contributed by atoms with Crippen LogP contribution >= 0.6 is 37.2 Å². The Kier molecular flexibility index (Phi) is 12.9. The van der Waals surface area contributed by atoms with Gasteiger partial charge < -0.3 is 21.7 Å². The molecular weight excluding hydrogens is 333 g/mol. The molecule has 1 fully saturated rings. The normalized spacial score (nSPS) is 14.3. The molecule has 21 heavy (non-hydrogen) atoms. The van der Waals surface area contributed by atoms with Gasteiger partial charge in [0, 0.05) is 6.54 Å². The quantitative estimate of drug-likeness (QED) is 0.705. The number of rotatable bonds is 5. The van der Waals surface area contributed by atoms with E-state index in [9.17, 15) is 0 Å². The maximum absolute atomic E-state index is 5.83. The number of hydrogen-bond acceptors (Lipinski definition) is 5. The summed E-state index contributed by atoms with van der Waals surface area (Å²) in [6, 6.07) is 1.74. The molecule has 0 bridgehead atoms. The average Bonchev–Trinajstić information content (AvgIpc) is 2.38. The third-order valence-electron chi connectivity index (χ3n) is 3.33. The Morgan fingerprint density at radius 2 is 1.76 bits per heavy atom. The molecule has 1 aliphatic heterocycles. The Bertz CT molecular complexity index is 386. The van der Waals surface area contributed by atoms with Crippen molar-refractivity contribution in [2.45, 2.75) is 25.7 Å². The van der Waals surface area contributed by atoms with Crippen molar-refractivity contribution in [3.05, 3.63) is 12.3 Å². The van der Waals surface area contributed by atoms with E-state index in [2.05, 4.69) is 15.2 Å². The first-order chi connectivity index (χ1) is 8.75. The smallest absolute Gasteiger partial charge is 0.149 e. The highest BCUT2D eigenvalue weighted by Crippen LogP contribution is 2.17. The van der Waals surface area contributed by atoms with E-state index in [-0.39, 0.29) is 37.2 Å². The van der Waals surface area contributed by atoms with Crippen LogP contribution in [-0.4, -0.2) is 36.1 Å². The zero-order chi connectivity index (χ0) is 12.8. The third-order valence-corrected chi connectivity index (χ3v) is 3.33. The highest BCUT2D eigenvalue weighted by atomic mass is 35.5. The minimum Gasteiger partial charge on any atom is -0.397 e. The van der Waals surface area contributed by atoms with E-state index in [1.54, 1.807) is 12.3 Å². The molecule has 0 aromatic carbocycles. The van der Waals surface area contributed by atoms with Crippen LogP contribution in [0, 0.1) is 0 Å². The fourth-order valence-electron chi connectivity index (χ4n) is 2.34. The predicted octanol–water partition coefficient (Wildman–Crippen LogP) is 2.80. The molecule has 0 unspecified atom stereocenters. The topological polar surface area (TPSA) is 80.2 Å². The summed E-state index contributed by atoms with van der Waals surface area (Å²) in [6.07, 6.45) is 6.83. The van der Waals surface area contributed by atoms with E-state index in [0.29, 0.717) is 11.4 Å². The Balaban J connectivity index is 0. The number of nitrogens with one attached hydrogen (secondary N) is 1. The monoisotopic (exact) mass is 357 g/mol. The Labute approximate surface area is 145 Å². The van der Waals surface area contributed by atoms with Crippen LogP contribution in [0.4, 0.5) is 17.2 Å². The molecule has 1 aromatic heterocycles. The third kappa shape index (κ3) is 7.81. The average molecular weight is 359 g/mol. The van der Waals surface area contributed by atoms with E-state index in [4.69, 9.17) is 11.5 Å². The molecule has 1 aromatic rings. The number of nitrogen functional groups attached to an aromatic ring is 2. The fraction of sp³-hybridized carbons (Fsp3) is 0.615. The van der Waals surface area contributed by atoms with Crippen LogP contribution in [0.1, 0.15) is 25.7 Å². The number of nitrogens with two attached hydrogens (primary N) is 2. The molecule has 0 saturated carbocycles. The van der Waals surface area contributed by atoms with Crippen molar-refractivity contribution < 1.29 is 0 Å². The van der Waals surface area contributed by atoms with E-state index in [1.807, 2.05) is 0 Å². The number of piperidine rings is 1. The molecule has 5 nitrogen and oxygen atoms in total. The van der Waals surface area contributed by atoms with Gasteiger partial charge in [0.05, 0.1) is 17.6 Å². The number of pyridine rings is 1. The van der Waals surface area contributed by atoms with Gasteiger partial charge in [-0.15, -0.1) is 37.2 Å². The lowest BCUT2D eigenvalue weighted by atomic mass is 10.1. The maximum atomic E-state index is 5.83. The van der Waals surface area contributed by atoms with Crippen LogP contribution < -0.4 is 16.8 Å². The predicted molar refractivity (Wildman–Crippen MR) is 98.2 cm³/mol. The number of halogens is 3. The summed E-state index contributed by atoms with van der Waals surface area (Å²) in [5.74, 6) is 0.739. The fourth-order valence-corrected chi connectivity index (χ4v) is 2.34. The van der Waals surface area contributed by atoms with Gasteiger partial charge in [-0.3, -0.25) is 0 Å². The first-order valence-corrected chi connectivity index (χ1v) is 6.73. The van der Waals surface area contributed by atoms with Gasteiger partial charge in [-0.2, -0.15) is 0 Å². The summed E-state index contributed by atoms with van der Waals surface area (Å²) < 4.78 is 0. The summed E-state index contributed by atoms with van der Waals surface area (Å²) in [5, 5.41) is 3.26. The Morgan fingerprint density at radius 1 is 1.10 bits per heavy atom. The molecule has 124 valence electrons. The molecule has 2 rings (SSSR count). The molecule has 0 amide bonds. The number of hydrogen-bond donors (Lipinski definition) is 3. The number of nitrogens with zero attached hydrogens (tertiary/aromatic N) is 2. The van der Waals surface area contributed by atoms with Gasteiger partial charge in [-0.25, -0.2) is 4.98 Å². The van der Waals surface area contributed by atoms with Gasteiger partial charge in [0.15, 0.2) is 0 Å². The van der Waals surface area contributed by atoms with Gasteiger partial charge in [-0.05, 0) is 45.0 Å². The van der Waals surface area contributed by atoms with Crippen molar-refractivity contribution in [2.75, 3.05) is 43.0 Å². The van der Waals surface area contributed by atoms with Crippen LogP contribution in [0.15, 0.2) is 12.3 Å². The first-order valence-electron chi connectivity index (χ1n) is 6.73. The van der Waals surface area contributed by atoms with Crippen LogP contribution in [0.3, 0.4) is 0 Å². The summed E-state index contributed by atoms with van der Waals surface area (Å²) in [6.45, 7) is 4.56. The summed E-state index contributed by atoms with van der Waals surface area (Å²) in [4.78, 5) is 6.72. The second kappa shape index (κ2) is 12.0. The standard InChI is InChI=1S/C13H23N5.3ClH/c14-11-9-12(15)13(17-10-11)16-5-4-8-18-6-2-1-3-7-18;;;/h9-10H,1-8,14-15H2,(H,16,17);3*1H. The van der Waals surface area contributed by atoms with Gasteiger partial charge in [0.25, 0.3) is 0 Å². The largest absolute Gasteiger partial charge is 0.397 e. The van der Waals surface area contributed by atoms with E-state index < -0.39 is 0 Å². The SMILES string of the molecule is Cl.Cl.Cl.Nc1cnc(NCCCN2CCCCC2)c(N)c1. The van der Waals surface area contributed by atoms with Gasteiger partial charge in [-0.1, -0.05) is 6.42 Å². The van der Waals surface area contributed by atoms with E-state index in [1.165, 1.54) is 32.4 Å². The van der Waals surface area contributed by atoms with Crippen LogP contribution in [0.5, 0.6) is 0 Å². The van der Waals surface area contributed by atoms with Crippen molar-refractivity contribution in [1.29, 1.82) is 0 Å². The lowest BCUT2D eigenvalue weighted by molar-refractivity contribution is 0.228. The second-order valence-corrected chi connectivity index (χ2v) is 4.89. The summed E-state index contributed by atoms with van der Waals surface area (Å²) in [7, 11) is 0. The number of likely N-dealkylation sites (tertiary alicyclic amines) is 1. The molecule has 0 spiro atoms. The molecule has 1 saturated heterocycles. The first kappa shape index (κ1) is 22.7. The van der Waals surface area contributed by atoms with Crippen molar-refractivity contribution in [1.82, 2.24) is 9.88 Å². The van der Waals surface area contributed by atoms with Crippen molar-refractivity contribution in [2.24, 2.45) is 0 Å². The van der Waals surface area contributed by atoms with Gasteiger partial charge in [0.2, 0.25) is 0 Å². The second-order valence-electron chi connectivity index (χ2n) is 4.89. The zero-order valence-electron chi connectivity index (χ0n) is 12.1. The molecule has 0 atom stereocenters. The minimum absolute atomic E-state index is 0. The summed E-state index contributed by atoms with van der Waals surface area (Å²) >= 11 is 0. The minimum atomic E-state index is 0. The van der Waals surface area contributed by atoms with E-state index >= 15 is 0 Å². The summed E-state index contributed by atoms with van der Waals surface area (Å²) in [5.41, 5.74) is 12.7. The molecule has 5 N–H and O–H groups in total. The molecule has 0 radical (unpaired) electrons. The number of anilines is 3. The molecule has 8 heteroatoms. The Morgan fingerprint density at radius 3 is 2.38 bits per heavy atom. The Hall–Kier alpha value is -0.620. The molecule has 1 aliphatic rings. The van der Waals surface area contributed by atoms with Crippen molar-refractivity contribution >= 4 is 54.4 Å². The van der Waals surface area contributed by atoms with Crippen molar-refractivity contribution in [3.8, 4) is 0 Å². The highest BCUT2D eigenvalue weighted by Gasteiger charge is 2.09. The molecule has 0 aliphatic carbocycles. The number of aromatic nitrogens is 1. The lowest BCUT2D eigenvalue weighted by Crippen LogP contribution is -2.31. The van der Waals surface area contributed by atoms with Crippen LogP contribution in [-0.2, 0) is 0 Å². The maximum Gasteiger partial charge on any atom is 0.149 e. The zero-order valence-corrected chi connectivity index (χ0v) is 14.5. The van der Waals surface area contributed by atoms with Gasteiger partial charge >= 0.3 is 0 Å². The van der Waals surface area contributed by atoms with Crippen LogP contribution in [0.2, 0.25) is 0 Å². The lowest BCUT2D eigenvalue weighted by Gasteiger charge is -2.26. The molecular formula is C13H26Cl3N5. The van der Waals surface area contributed by atoms with Crippen LogP contribution in [0.25, 0.3) is 0 Å². The van der Waals surface area contributed by atoms with Crippen molar-refractivity contribution in [3.63, 3.8) is 0 Å². The highest BCUT2D eigenvalue weighted by molar-refractivity contribution is 5.86. The van der Waals surface area contributed by atoms with E-state index in [0.717, 1.165) is 25.3 Å². The van der Waals surface area contributed by atoms with Gasteiger partial charge in [0.1, 0.15) is 5.82 Å².